The summed E-state index contributed by atoms with van der Waals surface area (Å²) in [6.07, 6.45) is 4.28. The molecule has 0 radical (unpaired) electrons. The fourth-order valence-electron chi connectivity index (χ4n) is 3.13. The fourth-order valence-corrected chi connectivity index (χ4v) is 4.48. The van der Waals surface area contributed by atoms with Gasteiger partial charge in [-0.2, -0.15) is 0 Å². The van der Waals surface area contributed by atoms with Crippen LogP contribution in [-0.2, 0) is 10.0 Å². The number of carbonyl (C=O) groups is 1. The molecule has 138 valence electrons. The van der Waals surface area contributed by atoms with Crippen LogP contribution in [0, 0.1) is 5.92 Å². The molecule has 2 aliphatic rings. The van der Waals surface area contributed by atoms with Gasteiger partial charge in [-0.25, -0.2) is 13.1 Å². The lowest BCUT2D eigenvalue weighted by Crippen LogP contribution is -2.34. The van der Waals surface area contributed by atoms with Crippen molar-refractivity contribution in [2.45, 2.75) is 43.5 Å². The quantitative estimate of drug-likeness (QED) is 0.733. The van der Waals surface area contributed by atoms with Crippen molar-refractivity contribution in [3.05, 3.63) is 29.8 Å². The number of hydrogen-bond donors (Lipinski definition) is 2. The molecule has 1 aliphatic carbocycles. The van der Waals surface area contributed by atoms with E-state index in [1.807, 2.05) is 0 Å². The molecular weight excluding hydrogens is 338 g/mol. The highest BCUT2D eigenvalue weighted by Gasteiger charge is 2.28. The number of benzene rings is 1. The number of nitrogens with one attached hydrogen (secondary N) is 2. The molecule has 3 rings (SSSR count). The molecule has 0 aromatic heterocycles. The Kier molecular flexibility index (Phi) is 5.76. The van der Waals surface area contributed by atoms with Gasteiger partial charge in [-0.05, 0) is 62.9 Å². The van der Waals surface area contributed by atoms with E-state index in [-0.39, 0.29) is 16.8 Å². The van der Waals surface area contributed by atoms with E-state index in [0.29, 0.717) is 18.0 Å². The summed E-state index contributed by atoms with van der Waals surface area (Å²) in [4.78, 5) is 14.9. The Labute approximate surface area is 150 Å². The smallest absolute Gasteiger partial charge is 0.251 e. The van der Waals surface area contributed by atoms with E-state index in [1.165, 1.54) is 25.0 Å². The van der Waals surface area contributed by atoms with Crippen LogP contribution in [0.1, 0.15) is 43.0 Å². The zero-order valence-electron chi connectivity index (χ0n) is 14.7. The van der Waals surface area contributed by atoms with Crippen molar-refractivity contribution in [2.24, 2.45) is 5.92 Å². The predicted molar refractivity (Wildman–Crippen MR) is 97.0 cm³/mol. The van der Waals surface area contributed by atoms with Gasteiger partial charge < -0.3 is 10.2 Å². The number of likely N-dealkylation sites (tertiary alicyclic amines) is 1. The Balaban J connectivity index is 1.55. The number of carbonyl (C=O) groups excluding carboxylic acids is 1. The number of amides is 1. The topological polar surface area (TPSA) is 78.5 Å². The summed E-state index contributed by atoms with van der Waals surface area (Å²) in [6, 6.07) is 6.29. The van der Waals surface area contributed by atoms with Crippen molar-refractivity contribution < 1.29 is 13.2 Å². The Morgan fingerprint density at radius 3 is 2.68 bits per heavy atom. The summed E-state index contributed by atoms with van der Waals surface area (Å²) >= 11 is 0. The number of hydrogen-bond acceptors (Lipinski definition) is 4. The van der Waals surface area contributed by atoms with Crippen molar-refractivity contribution in [2.75, 3.05) is 26.2 Å². The van der Waals surface area contributed by atoms with Gasteiger partial charge in [0.15, 0.2) is 0 Å². The molecule has 1 atom stereocenters. The summed E-state index contributed by atoms with van der Waals surface area (Å²) in [5.74, 6) is 0.141. The second kappa shape index (κ2) is 7.85. The average molecular weight is 365 g/mol. The third-order valence-electron chi connectivity index (χ3n) is 4.69. The Hall–Kier alpha value is -1.44. The second-order valence-corrected chi connectivity index (χ2v) is 8.96. The van der Waals surface area contributed by atoms with Gasteiger partial charge >= 0.3 is 0 Å². The Bertz CT molecular complexity index is 710. The first-order chi connectivity index (χ1) is 11.9. The van der Waals surface area contributed by atoms with E-state index < -0.39 is 10.0 Å². The van der Waals surface area contributed by atoms with Crippen molar-refractivity contribution in [3.63, 3.8) is 0 Å². The lowest BCUT2D eigenvalue weighted by molar-refractivity contribution is 0.0945. The molecule has 0 bridgehead atoms. The van der Waals surface area contributed by atoms with Crippen LogP contribution in [0.25, 0.3) is 0 Å². The molecule has 1 saturated heterocycles. The van der Waals surface area contributed by atoms with Gasteiger partial charge in [0.2, 0.25) is 10.0 Å². The summed E-state index contributed by atoms with van der Waals surface area (Å²) in [6.45, 7) is 5.99. The normalized spacial score (nSPS) is 19.7. The van der Waals surface area contributed by atoms with Crippen LogP contribution < -0.4 is 10.0 Å². The number of sulfonamides is 1. The first kappa shape index (κ1) is 18.4. The highest BCUT2D eigenvalue weighted by atomic mass is 32.2. The zero-order valence-corrected chi connectivity index (χ0v) is 15.5. The maximum Gasteiger partial charge on any atom is 0.251 e. The minimum Gasteiger partial charge on any atom is -0.352 e. The van der Waals surface area contributed by atoms with Crippen LogP contribution in [0.4, 0.5) is 0 Å². The molecule has 7 heteroatoms. The standard InChI is InChI=1S/C18H27N3O3S/c1-14(13-21-9-2-3-10-21)12-19-18(22)15-5-4-6-17(11-15)25(23,24)20-16-7-8-16/h4-6,11,14,16,20H,2-3,7-10,12-13H2,1H3,(H,19,22). The van der Waals surface area contributed by atoms with Crippen molar-refractivity contribution >= 4 is 15.9 Å². The van der Waals surface area contributed by atoms with Crippen LogP contribution in [0.3, 0.4) is 0 Å². The van der Waals surface area contributed by atoms with E-state index in [0.717, 1.165) is 32.5 Å². The molecule has 25 heavy (non-hydrogen) atoms. The zero-order chi connectivity index (χ0) is 17.9. The molecule has 1 aliphatic heterocycles. The predicted octanol–water partition coefficient (Wildman–Crippen LogP) is 1.59. The summed E-state index contributed by atoms with van der Waals surface area (Å²) in [5, 5.41) is 2.92. The molecule has 6 nitrogen and oxygen atoms in total. The third kappa shape index (κ3) is 5.26. The van der Waals surface area contributed by atoms with Crippen LogP contribution in [0.2, 0.25) is 0 Å². The minimum atomic E-state index is -3.54. The van der Waals surface area contributed by atoms with E-state index in [9.17, 15) is 13.2 Å². The molecule has 1 unspecified atom stereocenters. The highest BCUT2D eigenvalue weighted by Crippen LogP contribution is 2.22. The molecule has 1 amide bonds. The lowest BCUT2D eigenvalue weighted by Gasteiger charge is -2.20. The summed E-state index contributed by atoms with van der Waals surface area (Å²) in [7, 11) is -3.54. The molecule has 1 aromatic carbocycles. The maximum atomic E-state index is 12.4. The third-order valence-corrected chi connectivity index (χ3v) is 6.20. The average Bonchev–Trinajstić information content (AvgIpc) is 3.24. The molecular formula is C18H27N3O3S. The molecule has 1 heterocycles. The van der Waals surface area contributed by atoms with E-state index in [1.54, 1.807) is 12.1 Å². The lowest BCUT2D eigenvalue weighted by atomic mass is 10.1. The van der Waals surface area contributed by atoms with Gasteiger partial charge in [0.25, 0.3) is 5.91 Å². The van der Waals surface area contributed by atoms with Gasteiger partial charge in [-0.3, -0.25) is 4.79 Å². The van der Waals surface area contributed by atoms with E-state index in [4.69, 9.17) is 0 Å². The maximum absolute atomic E-state index is 12.4. The van der Waals surface area contributed by atoms with Gasteiger partial charge in [0.1, 0.15) is 0 Å². The highest BCUT2D eigenvalue weighted by molar-refractivity contribution is 7.89. The fraction of sp³-hybridized carbons (Fsp3) is 0.611. The Morgan fingerprint density at radius 1 is 1.28 bits per heavy atom. The minimum absolute atomic E-state index is 0.0499. The first-order valence-electron chi connectivity index (χ1n) is 9.07. The van der Waals surface area contributed by atoms with Crippen molar-refractivity contribution in [3.8, 4) is 0 Å². The van der Waals surface area contributed by atoms with E-state index >= 15 is 0 Å². The van der Waals surface area contributed by atoms with Crippen molar-refractivity contribution in [1.29, 1.82) is 0 Å². The molecule has 2 N–H and O–H groups in total. The van der Waals surface area contributed by atoms with Gasteiger partial charge in [0.05, 0.1) is 4.90 Å². The van der Waals surface area contributed by atoms with Crippen LogP contribution in [0.5, 0.6) is 0 Å². The summed E-state index contributed by atoms with van der Waals surface area (Å²) in [5.41, 5.74) is 0.382. The molecule has 2 fully saturated rings. The van der Waals surface area contributed by atoms with E-state index in [2.05, 4.69) is 21.9 Å². The van der Waals surface area contributed by atoms with Crippen molar-refractivity contribution in [1.82, 2.24) is 14.9 Å². The number of rotatable bonds is 8. The Morgan fingerprint density at radius 2 is 2.00 bits per heavy atom. The summed E-state index contributed by atoms with van der Waals surface area (Å²) < 4.78 is 27.2. The monoisotopic (exact) mass is 365 g/mol. The molecule has 0 spiro atoms. The number of nitrogens with zero attached hydrogens (tertiary/aromatic N) is 1. The van der Waals surface area contributed by atoms with Gasteiger partial charge in [-0.15, -0.1) is 0 Å². The first-order valence-corrected chi connectivity index (χ1v) is 10.6. The van der Waals surface area contributed by atoms with Crippen LogP contribution in [0.15, 0.2) is 29.2 Å². The van der Waals surface area contributed by atoms with Gasteiger partial charge in [-0.1, -0.05) is 13.0 Å². The largest absolute Gasteiger partial charge is 0.352 e. The molecule has 1 aromatic rings. The second-order valence-electron chi connectivity index (χ2n) is 7.25. The van der Waals surface area contributed by atoms with Crippen LogP contribution >= 0.6 is 0 Å². The van der Waals surface area contributed by atoms with Gasteiger partial charge in [0, 0.05) is 24.7 Å². The van der Waals surface area contributed by atoms with Crippen LogP contribution in [-0.4, -0.2) is 51.4 Å². The SMILES string of the molecule is CC(CNC(=O)c1cccc(S(=O)(=O)NC2CC2)c1)CN1CCCC1. The molecule has 1 saturated carbocycles.